The largest absolute Gasteiger partial charge is 0.275 e. The summed E-state index contributed by atoms with van der Waals surface area (Å²) in [5.41, 5.74) is 2.30. The van der Waals surface area contributed by atoms with E-state index in [9.17, 15) is 8.78 Å². The molecule has 3 aromatic heterocycles. The molecular formula is C18H9ClF2N6S. The highest BCUT2D eigenvalue weighted by molar-refractivity contribution is 7.19. The lowest BCUT2D eigenvalue weighted by Gasteiger charge is -1.99. The second-order valence-corrected chi connectivity index (χ2v) is 7.32. The zero-order chi connectivity index (χ0) is 19.3. The minimum Gasteiger partial charge on any atom is -0.275 e. The first-order valence-electron chi connectivity index (χ1n) is 8.08. The molecule has 5 rings (SSSR count). The second-order valence-electron chi connectivity index (χ2n) is 5.92. The van der Waals surface area contributed by atoms with Crippen LogP contribution in [0.3, 0.4) is 0 Å². The molecule has 2 aromatic carbocycles. The molecule has 0 unspecified atom stereocenters. The van der Waals surface area contributed by atoms with Gasteiger partial charge in [-0.2, -0.15) is 14.7 Å². The molecule has 0 aliphatic heterocycles. The van der Waals surface area contributed by atoms with Gasteiger partial charge in [0.25, 0.3) is 0 Å². The lowest BCUT2D eigenvalue weighted by atomic mass is 10.1. The van der Waals surface area contributed by atoms with Crippen LogP contribution in [0.5, 0.6) is 0 Å². The van der Waals surface area contributed by atoms with Crippen LogP contribution in [0.1, 0.15) is 0 Å². The van der Waals surface area contributed by atoms with Crippen LogP contribution in [0.25, 0.3) is 38.3 Å². The maximum atomic E-state index is 14.1. The molecule has 0 atom stereocenters. The first-order chi connectivity index (χ1) is 13.6. The van der Waals surface area contributed by atoms with Crippen molar-refractivity contribution in [1.82, 2.24) is 30.0 Å². The number of H-pyrrole nitrogens is 1. The van der Waals surface area contributed by atoms with Crippen LogP contribution in [0, 0.1) is 11.6 Å². The zero-order valence-corrected chi connectivity index (χ0v) is 15.5. The number of benzene rings is 2. The summed E-state index contributed by atoms with van der Waals surface area (Å²) in [5, 5.41) is 20.9. The molecule has 0 spiro atoms. The predicted octanol–water partition coefficient (Wildman–Crippen LogP) is 4.84. The molecule has 0 bridgehead atoms. The van der Waals surface area contributed by atoms with E-state index in [1.807, 2.05) is 18.2 Å². The van der Waals surface area contributed by atoms with Crippen LogP contribution >= 0.6 is 22.9 Å². The van der Waals surface area contributed by atoms with Gasteiger partial charge in [0.05, 0.1) is 17.0 Å². The molecule has 0 saturated heterocycles. The molecule has 0 aliphatic rings. The highest BCUT2D eigenvalue weighted by Crippen LogP contribution is 2.30. The molecule has 0 aliphatic carbocycles. The van der Waals surface area contributed by atoms with Crippen LogP contribution in [-0.4, -0.2) is 30.0 Å². The monoisotopic (exact) mass is 414 g/mol. The number of aromatic nitrogens is 6. The maximum absolute atomic E-state index is 14.1. The Morgan fingerprint density at radius 2 is 1.82 bits per heavy atom. The topological polar surface area (TPSA) is 71.8 Å². The van der Waals surface area contributed by atoms with Crippen LogP contribution in [0.2, 0.25) is 5.02 Å². The van der Waals surface area contributed by atoms with Crippen molar-refractivity contribution in [3.05, 3.63) is 65.2 Å². The van der Waals surface area contributed by atoms with Gasteiger partial charge in [-0.1, -0.05) is 35.1 Å². The fraction of sp³-hybridized carbons (Fsp3) is 0. The van der Waals surface area contributed by atoms with Gasteiger partial charge in [-0.15, -0.1) is 10.2 Å². The Kier molecular flexibility index (Phi) is 3.92. The molecule has 0 amide bonds. The average Bonchev–Trinajstić information content (AvgIpc) is 3.39. The van der Waals surface area contributed by atoms with Crippen LogP contribution in [0.15, 0.2) is 48.5 Å². The van der Waals surface area contributed by atoms with Crippen molar-refractivity contribution in [3.8, 4) is 33.3 Å². The lowest BCUT2D eigenvalue weighted by Crippen LogP contribution is -1.94. The van der Waals surface area contributed by atoms with Crippen molar-refractivity contribution in [2.45, 2.75) is 0 Å². The van der Waals surface area contributed by atoms with Gasteiger partial charge in [0.15, 0.2) is 10.8 Å². The van der Waals surface area contributed by atoms with Crippen molar-refractivity contribution in [2.75, 3.05) is 0 Å². The summed E-state index contributed by atoms with van der Waals surface area (Å²) in [5.74, 6) is -1.03. The number of hydrogen-bond acceptors (Lipinski definition) is 5. The minimum atomic E-state index is -0.600. The van der Waals surface area contributed by atoms with Crippen molar-refractivity contribution < 1.29 is 8.78 Å². The van der Waals surface area contributed by atoms with Gasteiger partial charge in [0, 0.05) is 10.6 Å². The number of hydrogen-bond donors (Lipinski definition) is 1. The molecule has 28 heavy (non-hydrogen) atoms. The van der Waals surface area contributed by atoms with Crippen molar-refractivity contribution in [3.63, 3.8) is 0 Å². The normalized spacial score (nSPS) is 11.4. The van der Waals surface area contributed by atoms with Crippen molar-refractivity contribution in [2.24, 2.45) is 0 Å². The highest BCUT2D eigenvalue weighted by Gasteiger charge is 2.19. The number of nitrogens with zero attached hydrogens (tertiary/aromatic N) is 5. The van der Waals surface area contributed by atoms with Crippen molar-refractivity contribution in [1.29, 1.82) is 0 Å². The highest BCUT2D eigenvalue weighted by atomic mass is 35.5. The molecular weight excluding hydrogens is 406 g/mol. The van der Waals surface area contributed by atoms with Crippen LogP contribution in [-0.2, 0) is 0 Å². The smallest absolute Gasteiger partial charge is 0.235 e. The number of aromatic amines is 1. The number of nitrogens with one attached hydrogen (secondary N) is 1. The fourth-order valence-electron chi connectivity index (χ4n) is 2.76. The SMILES string of the molecule is Fc1ccc(F)c(-c2nnc3sc(-c4cc(-c5ccc(Cl)cc5)n[nH]4)nn23)c1. The first-order valence-corrected chi connectivity index (χ1v) is 9.27. The molecule has 1 N–H and O–H groups in total. The molecule has 138 valence electrons. The predicted molar refractivity (Wildman–Crippen MR) is 102 cm³/mol. The average molecular weight is 415 g/mol. The summed E-state index contributed by atoms with van der Waals surface area (Å²) in [7, 11) is 0. The third-order valence-electron chi connectivity index (χ3n) is 4.11. The lowest BCUT2D eigenvalue weighted by molar-refractivity contribution is 0.601. The summed E-state index contributed by atoms with van der Waals surface area (Å²) in [4.78, 5) is 0.455. The van der Waals surface area contributed by atoms with Gasteiger partial charge in [0.2, 0.25) is 4.96 Å². The van der Waals surface area contributed by atoms with Gasteiger partial charge in [-0.3, -0.25) is 5.10 Å². The Bertz CT molecular complexity index is 1310. The third-order valence-corrected chi connectivity index (χ3v) is 5.29. The molecule has 0 saturated carbocycles. The van der Waals surface area contributed by atoms with Crippen LogP contribution in [0.4, 0.5) is 8.78 Å². The zero-order valence-electron chi connectivity index (χ0n) is 13.9. The van der Waals surface area contributed by atoms with E-state index in [4.69, 9.17) is 11.6 Å². The van der Waals surface area contributed by atoms with Gasteiger partial charge in [-0.25, -0.2) is 8.78 Å². The van der Waals surface area contributed by atoms with E-state index in [0.29, 0.717) is 20.7 Å². The van der Waals surface area contributed by atoms with Crippen LogP contribution < -0.4 is 0 Å². The van der Waals surface area contributed by atoms with Gasteiger partial charge >= 0.3 is 0 Å². The Hall–Kier alpha value is -3.17. The van der Waals surface area contributed by atoms with E-state index in [0.717, 1.165) is 29.5 Å². The number of fused-ring (bicyclic) bond motifs is 1. The molecule has 3 heterocycles. The van der Waals surface area contributed by atoms with Gasteiger partial charge in [-0.05, 0) is 36.4 Å². The molecule has 6 nitrogen and oxygen atoms in total. The quantitative estimate of drug-likeness (QED) is 0.458. The van der Waals surface area contributed by atoms with E-state index in [1.165, 1.54) is 15.9 Å². The Morgan fingerprint density at radius 3 is 2.64 bits per heavy atom. The maximum Gasteiger partial charge on any atom is 0.235 e. The first kappa shape index (κ1) is 17.0. The number of halogens is 3. The summed E-state index contributed by atoms with van der Waals surface area (Å²) in [6.45, 7) is 0. The third kappa shape index (κ3) is 2.85. The Balaban J connectivity index is 1.56. The summed E-state index contributed by atoms with van der Waals surface area (Å²) < 4.78 is 29.0. The van der Waals surface area contributed by atoms with E-state index >= 15 is 0 Å². The van der Waals surface area contributed by atoms with E-state index in [1.54, 1.807) is 12.1 Å². The minimum absolute atomic E-state index is 0.00388. The van der Waals surface area contributed by atoms with E-state index < -0.39 is 11.6 Å². The summed E-state index contributed by atoms with van der Waals surface area (Å²) >= 11 is 7.17. The second kappa shape index (κ2) is 6.47. The van der Waals surface area contributed by atoms with E-state index in [2.05, 4.69) is 25.5 Å². The standard InChI is InChI=1S/C18H9ClF2N6S/c19-10-3-1-9(2-4-10)14-8-15(23-22-14)17-26-27-16(24-25-18(27)28-17)12-7-11(20)5-6-13(12)21/h1-8H,(H,22,23). The van der Waals surface area contributed by atoms with E-state index in [-0.39, 0.29) is 11.4 Å². The molecule has 10 heteroatoms. The summed E-state index contributed by atoms with van der Waals surface area (Å²) in [6.07, 6.45) is 0. The Labute approximate surface area is 165 Å². The molecule has 5 aromatic rings. The van der Waals surface area contributed by atoms with Crippen molar-refractivity contribution >= 4 is 27.9 Å². The fourth-order valence-corrected chi connectivity index (χ4v) is 3.69. The number of rotatable bonds is 3. The Morgan fingerprint density at radius 1 is 1.00 bits per heavy atom. The molecule has 0 fully saturated rings. The molecule has 0 radical (unpaired) electrons. The van der Waals surface area contributed by atoms with Gasteiger partial charge in [0.1, 0.15) is 11.6 Å². The van der Waals surface area contributed by atoms with Gasteiger partial charge < -0.3 is 0 Å². The summed E-state index contributed by atoms with van der Waals surface area (Å²) in [6, 6.07) is 12.3.